The van der Waals surface area contributed by atoms with Gasteiger partial charge in [0, 0.05) is 28.6 Å². The molecule has 0 atom stereocenters. The maximum absolute atomic E-state index is 12.8. The van der Waals surface area contributed by atoms with Crippen molar-refractivity contribution in [2.24, 2.45) is 4.99 Å². The molecule has 1 aliphatic rings. The summed E-state index contributed by atoms with van der Waals surface area (Å²) in [6.07, 6.45) is 3.61. The predicted molar refractivity (Wildman–Crippen MR) is 104 cm³/mol. The number of allylic oxidation sites excluding steroid dienone is 1. The van der Waals surface area contributed by atoms with E-state index in [1.54, 1.807) is 18.3 Å². The quantitative estimate of drug-likeness (QED) is 0.634. The lowest BCUT2D eigenvalue weighted by Crippen LogP contribution is -2.19. The van der Waals surface area contributed by atoms with E-state index < -0.39 is 0 Å². The highest BCUT2D eigenvalue weighted by molar-refractivity contribution is 6.21. The lowest BCUT2D eigenvalue weighted by atomic mass is 10.0. The second-order valence-electron chi connectivity index (χ2n) is 6.08. The normalized spacial score (nSPS) is 14.1. The van der Waals surface area contributed by atoms with Crippen LogP contribution in [0.2, 0.25) is 0 Å². The van der Waals surface area contributed by atoms with E-state index in [0.29, 0.717) is 16.9 Å². The number of hydrogen-bond acceptors (Lipinski definition) is 4. The molecule has 0 aliphatic carbocycles. The Morgan fingerprint density at radius 3 is 2.69 bits per heavy atom. The lowest BCUT2D eigenvalue weighted by molar-refractivity contribution is 0.267. The maximum atomic E-state index is 12.8. The number of anilines is 1. The fourth-order valence-corrected chi connectivity index (χ4v) is 3.07. The van der Waals surface area contributed by atoms with Gasteiger partial charge < -0.3 is 10.8 Å². The third-order valence-corrected chi connectivity index (χ3v) is 4.37. The third kappa shape index (κ3) is 2.76. The molecule has 0 radical (unpaired) electrons. The van der Waals surface area contributed by atoms with Crippen LogP contribution in [-0.2, 0) is 6.54 Å². The van der Waals surface area contributed by atoms with Crippen molar-refractivity contribution in [2.75, 3.05) is 12.3 Å². The van der Waals surface area contributed by atoms with Crippen LogP contribution in [0.15, 0.2) is 58.3 Å². The van der Waals surface area contributed by atoms with Gasteiger partial charge in [0.05, 0.1) is 30.1 Å². The Bertz CT molecular complexity index is 1070. The van der Waals surface area contributed by atoms with Crippen LogP contribution in [0, 0.1) is 0 Å². The molecule has 0 bridgehead atoms. The number of aliphatic imine (C=N–C) groups is 1. The van der Waals surface area contributed by atoms with E-state index in [2.05, 4.69) is 10.1 Å². The summed E-state index contributed by atoms with van der Waals surface area (Å²) in [5.74, 6) is 0. The summed E-state index contributed by atoms with van der Waals surface area (Å²) < 4.78 is 1.41. The molecule has 4 N–H and O–H groups in total. The van der Waals surface area contributed by atoms with Crippen molar-refractivity contribution >= 4 is 29.2 Å². The second-order valence-corrected chi connectivity index (χ2v) is 6.08. The number of rotatable bonds is 4. The van der Waals surface area contributed by atoms with Crippen LogP contribution in [0.3, 0.4) is 0 Å². The average molecular weight is 346 g/mol. The Morgan fingerprint density at radius 2 is 1.92 bits per heavy atom. The lowest BCUT2D eigenvalue weighted by Gasteiger charge is -2.02. The Kier molecular flexibility index (Phi) is 4.02. The molecule has 0 unspecified atom stereocenters. The van der Waals surface area contributed by atoms with Gasteiger partial charge >= 0.3 is 0 Å². The van der Waals surface area contributed by atoms with Crippen molar-refractivity contribution in [1.82, 2.24) is 9.78 Å². The van der Waals surface area contributed by atoms with Gasteiger partial charge in [0.1, 0.15) is 0 Å². The zero-order chi connectivity index (χ0) is 18.1. The number of nitrogens with two attached hydrogens (primary N) is 1. The molecule has 4 rings (SSSR count). The molecular weight excluding hydrogens is 328 g/mol. The van der Waals surface area contributed by atoms with Gasteiger partial charge in [-0.15, -0.1) is 0 Å². The number of hydrogen-bond donors (Lipinski definition) is 3. The van der Waals surface area contributed by atoms with Crippen LogP contribution in [0.4, 0.5) is 11.4 Å². The average Bonchev–Trinajstić information content (AvgIpc) is 3.20. The molecule has 130 valence electrons. The van der Waals surface area contributed by atoms with E-state index in [1.807, 2.05) is 42.5 Å². The van der Waals surface area contributed by atoms with Gasteiger partial charge in [-0.2, -0.15) is 0 Å². The zero-order valence-corrected chi connectivity index (χ0v) is 14.0. The number of aromatic amines is 1. The molecule has 0 saturated carbocycles. The minimum absolute atomic E-state index is 0.123. The van der Waals surface area contributed by atoms with Crippen LogP contribution < -0.4 is 11.3 Å². The monoisotopic (exact) mass is 346 g/mol. The number of nitrogens with one attached hydrogen (secondary N) is 1. The minimum Gasteiger partial charge on any atom is -0.399 e. The number of aliphatic hydroxyl groups is 1. The van der Waals surface area contributed by atoms with Gasteiger partial charge in [-0.05, 0) is 24.3 Å². The Morgan fingerprint density at radius 1 is 1.15 bits per heavy atom. The van der Waals surface area contributed by atoms with Gasteiger partial charge in [-0.25, -0.2) is 4.68 Å². The topological polar surface area (TPSA) is 96.4 Å². The molecule has 1 aliphatic heterocycles. The Balaban J connectivity index is 1.88. The molecule has 0 saturated heterocycles. The summed E-state index contributed by atoms with van der Waals surface area (Å²) in [7, 11) is 0. The van der Waals surface area contributed by atoms with Crippen molar-refractivity contribution in [3.8, 4) is 11.3 Å². The molecule has 2 aromatic carbocycles. The van der Waals surface area contributed by atoms with Crippen LogP contribution in [0.1, 0.15) is 11.1 Å². The summed E-state index contributed by atoms with van der Waals surface area (Å²) in [5.41, 5.74) is 11.1. The first-order valence-corrected chi connectivity index (χ1v) is 8.32. The fraction of sp³-hybridized carbons (Fsp3) is 0.100. The number of aliphatic hydroxyl groups excluding tert-OH is 1. The Hall–Kier alpha value is -3.38. The van der Waals surface area contributed by atoms with E-state index in [1.165, 1.54) is 4.68 Å². The van der Waals surface area contributed by atoms with Gasteiger partial charge in [0.25, 0.3) is 5.56 Å². The molecule has 2 heterocycles. The van der Waals surface area contributed by atoms with Crippen LogP contribution in [-0.4, -0.2) is 27.7 Å². The summed E-state index contributed by atoms with van der Waals surface area (Å²) in [4.78, 5) is 17.2. The molecular formula is C20H18N4O2. The molecule has 0 spiro atoms. The van der Waals surface area contributed by atoms with Crippen molar-refractivity contribution in [3.05, 3.63) is 70.0 Å². The summed E-state index contributed by atoms with van der Waals surface area (Å²) in [6.45, 7) is 0.0799. The SMILES string of the molecule is Nc1ccc(-c2[nH]n(CCO)c(=O)c2C=C2C=Nc3ccccc32)cc1. The van der Waals surface area contributed by atoms with Crippen LogP contribution in [0.25, 0.3) is 22.9 Å². The molecule has 26 heavy (non-hydrogen) atoms. The smallest absolute Gasteiger partial charge is 0.274 e. The van der Waals surface area contributed by atoms with Crippen molar-refractivity contribution < 1.29 is 5.11 Å². The van der Waals surface area contributed by atoms with Gasteiger partial charge in [0.2, 0.25) is 0 Å². The molecule has 3 aromatic rings. The molecule has 0 amide bonds. The van der Waals surface area contributed by atoms with Gasteiger partial charge in [0.15, 0.2) is 0 Å². The fourth-order valence-electron chi connectivity index (χ4n) is 3.07. The van der Waals surface area contributed by atoms with Crippen LogP contribution >= 0.6 is 0 Å². The number of fused-ring (bicyclic) bond motifs is 1. The molecule has 6 heteroatoms. The number of nitrogens with zero attached hydrogens (tertiary/aromatic N) is 2. The van der Waals surface area contributed by atoms with E-state index in [0.717, 1.165) is 22.4 Å². The molecule has 6 nitrogen and oxygen atoms in total. The van der Waals surface area contributed by atoms with Crippen molar-refractivity contribution in [1.29, 1.82) is 0 Å². The van der Waals surface area contributed by atoms with E-state index in [-0.39, 0.29) is 18.7 Å². The van der Waals surface area contributed by atoms with Crippen molar-refractivity contribution in [2.45, 2.75) is 6.54 Å². The van der Waals surface area contributed by atoms with E-state index >= 15 is 0 Å². The second kappa shape index (κ2) is 6.50. The largest absolute Gasteiger partial charge is 0.399 e. The number of para-hydroxylation sites is 1. The number of aromatic nitrogens is 2. The minimum atomic E-state index is -0.184. The number of benzene rings is 2. The summed E-state index contributed by atoms with van der Waals surface area (Å²) in [6, 6.07) is 15.1. The highest BCUT2D eigenvalue weighted by Crippen LogP contribution is 2.33. The standard InChI is InChI=1S/C20H18N4O2/c21-15-7-5-13(6-8-15)19-17(20(26)24(23-19)9-10-25)11-14-12-22-18-4-2-1-3-16(14)18/h1-8,11-12,23,25H,9-10,21H2. The zero-order valence-electron chi connectivity index (χ0n) is 14.0. The van der Waals surface area contributed by atoms with E-state index in [9.17, 15) is 9.90 Å². The van der Waals surface area contributed by atoms with Gasteiger partial charge in [-0.1, -0.05) is 30.3 Å². The number of nitrogen functional groups attached to an aromatic ring is 1. The predicted octanol–water partition coefficient (Wildman–Crippen LogP) is 2.67. The first-order valence-electron chi connectivity index (χ1n) is 8.32. The highest BCUT2D eigenvalue weighted by Gasteiger charge is 2.17. The van der Waals surface area contributed by atoms with Gasteiger partial charge in [-0.3, -0.25) is 14.9 Å². The highest BCUT2D eigenvalue weighted by atomic mass is 16.3. The Labute approximate surface area is 149 Å². The van der Waals surface area contributed by atoms with Crippen molar-refractivity contribution in [3.63, 3.8) is 0 Å². The van der Waals surface area contributed by atoms with E-state index in [4.69, 9.17) is 5.73 Å². The number of H-pyrrole nitrogens is 1. The first kappa shape index (κ1) is 16.1. The first-order chi connectivity index (χ1) is 12.7. The molecule has 1 aromatic heterocycles. The maximum Gasteiger partial charge on any atom is 0.274 e. The summed E-state index contributed by atoms with van der Waals surface area (Å²) >= 11 is 0. The summed E-state index contributed by atoms with van der Waals surface area (Å²) in [5, 5.41) is 12.3. The third-order valence-electron chi connectivity index (χ3n) is 4.37. The molecule has 0 fully saturated rings. The van der Waals surface area contributed by atoms with Crippen LogP contribution in [0.5, 0.6) is 0 Å².